The molecule has 180 valence electrons. The van der Waals surface area contributed by atoms with Crippen molar-refractivity contribution in [2.75, 3.05) is 11.9 Å². The van der Waals surface area contributed by atoms with Crippen LogP contribution in [0.15, 0.2) is 66.7 Å². The van der Waals surface area contributed by atoms with Crippen LogP contribution < -0.4 is 10.6 Å². The summed E-state index contributed by atoms with van der Waals surface area (Å²) in [5.74, 6) is -2.04. The Hall–Kier alpha value is -3.84. The van der Waals surface area contributed by atoms with Gasteiger partial charge in [-0.15, -0.1) is 0 Å². The van der Waals surface area contributed by atoms with E-state index < -0.39 is 24.0 Å². The summed E-state index contributed by atoms with van der Waals surface area (Å²) in [5, 5.41) is 14.6. The molecule has 3 aromatic rings. The molecule has 0 unspecified atom stereocenters. The summed E-state index contributed by atoms with van der Waals surface area (Å²) in [5.41, 5.74) is 4.57. The number of hydrogen-bond acceptors (Lipinski definition) is 4. The highest BCUT2D eigenvalue weighted by Crippen LogP contribution is 2.44. The number of carboxylic acid groups (broad SMARTS) is 1. The minimum absolute atomic E-state index is 0.0627. The van der Waals surface area contributed by atoms with Gasteiger partial charge in [-0.1, -0.05) is 74.0 Å². The maximum Gasteiger partial charge on any atom is 0.407 e. The number of hydrogen-bond donors (Lipinski definition) is 3. The molecule has 3 N–H and O–H groups in total. The van der Waals surface area contributed by atoms with Gasteiger partial charge >= 0.3 is 12.1 Å². The van der Waals surface area contributed by atoms with Gasteiger partial charge in [-0.25, -0.2) is 9.59 Å². The van der Waals surface area contributed by atoms with Gasteiger partial charge in [0.2, 0.25) is 5.91 Å². The van der Waals surface area contributed by atoms with Gasteiger partial charge in [-0.2, -0.15) is 0 Å². The molecule has 0 heterocycles. The zero-order valence-corrected chi connectivity index (χ0v) is 20.0. The fraction of sp³-hybridized carbons (Fsp3) is 0.222. The third-order valence-corrected chi connectivity index (χ3v) is 6.36. The SMILES string of the molecule is CC(C)[C@@H](NC(=O)OCC1c2ccccc2-c2ccccc21)C(=O)Nc1ccc(Cl)c(C(=O)O)c1. The van der Waals surface area contributed by atoms with E-state index in [-0.39, 0.29) is 34.7 Å². The summed E-state index contributed by atoms with van der Waals surface area (Å²) in [7, 11) is 0. The Bertz CT molecular complexity index is 1240. The average molecular weight is 493 g/mol. The lowest BCUT2D eigenvalue weighted by Crippen LogP contribution is -2.47. The molecule has 1 aliphatic rings. The number of nitrogens with one attached hydrogen (secondary N) is 2. The lowest BCUT2D eigenvalue weighted by atomic mass is 9.98. The number of anilines is 1. The van der Waals surface area contributed by atoms with E-state index in [1.807, 2.05) is 36.4 Å². The molecule has 2 amide bonds. The maximum absolute atomic E-state index is 12.9. The molecule has 0 fully saturated rings. The summed E-state index contributed by atoms with van der Waals surface area (Å²) >= 11 is 5.89. The van der Waals surface area contributed by atoms with Crippen LogP contribution in [0.4, 0.5) is 10.5 Å². The van der Waals surface area contributed by atoms with Crippen LogP contribution in [0.25, 0.3) is 11.1 Å². The Morgan fingerprint density at radius 2 is 1.57 bits per heavy atom. The van der Waals surface area contributed by atoms with Gasteiger partial charge in [0, 0.05) is 11.6 Å². The number of carbonyl (C=O) groups is 3. The summed E-state index contributed by atoms with van der Waals surface area (Å²) < 4.78 is 5.56. The van der Waals surface area contributed by atoms with Crippen molar-refractivity contribution in [2.24, 2.45) is 5.92 Å². The van der Waals surface area contributed by atoms with Crippen LogP contribution in [0, 0.1) is 5.92 Å². The van der Waals surface area contributed by atoms with Crippen molar-refractivity contribution in [2.45, 2.75) is 25.8 Å². The zero-order valence-electron chi connectivity index (χ0n) is 19.2. The Morgan fingerprint density at radius 3 is 2.14 bits per heavy atom. The molecule has 1 atom stereocenters. The first-order chi connectivity index (χ1) is 16.8. The standard InChI is InChI=1S/C27H25ClN2O5/c1-15(2)24(25(31)29-16-11-12-23(28)21(13-16)26(32)33)30-27(34)35-14-22-19-9-5-3-7-17(19)18-8-4-6-10-20(18)22/h3-13,15,22,24H,14H2,1-2H3,(H,29,31)(H,30,34)(H,32,33)/t24-/m1/s1. The molecular formula is C27H25ClN2O5. The molecule has 1 aliphatic carbocycles. The molecular weight excluding hydrogens is 468 g/mol. The van der Waals surface area contributed by atoms with E-state index in [9.17, 15) is 19.5 Å². The monoisotopic (exact) mass is 492 g/mol. The van der Waals surface area contributed by atoms with Crippen molar-refractivity contribution in [3.05, 3.63) is 88.4 Å². The summed E-state index contributed by atoms with van der Waals surface area (Å²) in [6.07, 6.45) is -0.706. The number of halogens is 1. The first kappa shape index (κ1) is 24.3. The molecule has 0 aliphatic heterocycles. The first-order valence-corrected chi connectivity index (χ1v) is 11.6. The number of benzene rings is 3. The quantitative estimate of drug-likeness (QED) is 0.401. The highest BCUT2D eigenvalue weighted by atomic mass is 35.5. The average Bonchev–Trinajstić information content (AvgIpc) is 3.15. The van der Waals surface area contributed by atoms with Gasteiger partial charge in [-0.3, -0.25) is 4.79 Å². The number of carboxylic acids is 1. The Labute approximate surface area is 208 Å². The van der Waals surface area contributed by atoms with Crippen LogP contribution in [0.2, 0.25) is 5.02 Å². The lowest BCUT2D eigenvalue weighted by Gasteiger charge is -2.22. The van der Waals surface area contributed by atoms with E-state index in [0.29, 0.717) is 0 Å². The number of ether oxygens (including phenoxy) is 1. The Kier molecular flexibility index (Phi) is 7.07. The van der Waals surface area contributed by atoms with Crippen LogP contribution in [-0.4, -0.2) is 35.7 Å². The highest BCUT2D eigenvalue weighted by Gasteiger charge is 2.30. The van der Waals surface area contributed by atoms with Crippen molar-refractivity contribution in [3.8, 4) is 11.1 Å². The smallest absolute Gasteiger partial charge is 0.407 e. The van der Waals surface area contributed by atoms with Crippen molar-refractivity contribution in [1.82, 2.24) is 5.32 Å². The minimum Gasteiger partial charge on any atom is -0.478 e. The van der Waals surface area contributed by atoms with E-state index in [1.54, 1.807) is 13.8 Å². The highest BCUT2D eigenvalue weighted by molar-refractivity contribution is 6.33. The van der Waals surface area contributed by atoms with E-state index in [2.05, 4.69) is 22.8 Å². The van der Waals surface area contributed by atoms with Crippen LogP contribution in [0.5, 0.6) is 0 Å². The number of alkyl carbamates (subject to hydrolysis) is 1. The largest absolute Gasteiger partial charge is 0.478 e. The molecule has 0 aromatic heterocycles. The topological polar surface area (TPSA) is 105 Å². The van der Waals surface area contributed by atoms with Gasteiger partial charge in [0.25, 0.3) is 0 Å². The van der Waals surface area contributed by atoms with Crippen LogP contribution in [0.1, 0.15) is 41.3 Å². The molecule has 0 radical (unpaired) electrons. The number of aromatic carboxylic acids is 1. The third-order valence-electron chi connectivity index (χ3n) is 6.03. The second-order valence-corrected chi connectivity index (χ2v) is 9.09. The summed E-state index contributed by atoms with van der Waals surface area (Å²) in [6, 6.07) is 19.3. The molecule has 3 aromatic carbocycles. The lowest BCUT2D eigenvalue weighted by molar-refractivity contribution is -0.119. The second kappa shape index (κ2) is 10.2. The number of fused-ring (bicyclic) bond motifs is 3. The molecule has 0 saturated carbocycles. The number of rotatable bonds is 7. The zero-order chi connectivity index (χ0) is 25.1. The molecule has 4 rings (SSSR count). The fourth-order valence-corrected chi connectivity index (χ4v) is 4.49. The normalized spacial score (nSPS) is 13.0. The van der Waals surface area contributed by atoms with Gasteiger partial charge in [0.15, 0.2) is 0 Å². The van der Waals surface area contributed by atoms with Crippen molar-refractivity contribution < 1.29 is 24.2 Å². The Balaban J connectivity index is 1.42. The van der Waals surface area contributed by atoms with Crippen LogP contribution in [-0.2, 0) is 9.53 Å². The fourth-order valence-electron chi connectivity index (χ4n) is 4.29. The Morgan fingerprint density at radius 1 is 0.971 bits per heavy atom. The minimum atomic E-state index is -1.21. The number of amides is 2. The molecule has 0 spiro atoms. The molecule has 8 heteroatoms. The van der Waals surface area contributed by atoms with Crippen molar-refractivity contribution in [3.63, 3.8) is 0 Å². The van der Waals surface area contributed by atoms with Crippen molar-refractivity contribution in [1.29, 1.82) is 0 Å². The van der Waals surface area contributed by atoms with Gasteiger partial charge in [0.1, 0.15) is 12.6 Å². The predicted molar refractivity (Wildman–Crippen MR) is 134 cm³/mol. The van der Waals surface area contributed by atoms with Crippen LogP contribution in [0.3, 0.4) is 0 Å². The predicted octanol–water partition coefficient (Wildman–Crippen LogP) is 5.54. The third kappa shape index (κ3) is 5.15. The van der Waals surface area contributed by atoms with Gasteiger partial charge in [0.05, 0.1) is 10.6 Å². The van der Waals surface area contributed by atoms with Crippen molar-refractivity contribution >= 4 is 35.3 Å². The summed E-state index contributed by atoms with van der Waals surface area (Å²) in [6.45, 7) is 3.71. The van der Waals surface area contributed by atoms with E-state index in [1.165, 1.54) is 18.2 Å². The summed E-state index contributed by atoms with van der Waals surface area (Å²) in [4.78, 5) is 36.9. The molecule has 35 heavy (non-hydrogen) atoms. The van der Waals surface area contributed by atoms with E-state index in [4.69, 9.17) is 16.3 Å². The maximum atomic E-state index is 12.9. The van der Waals surface area contributed by atoms with Gasteiger partial charge in [-0.05, 0) is 46.4 Å². The first-order valence-electron chi connectivity index (χ1n) is 11.2. The molecule has 0 bridgehead atoms. The van der Waals surface area contributed by atoms with Gasteiger partial charge < -0.3 is 20.5 Å². The molecule has 0 saturated heterocycles. The second-order valence-electron chi connectivity index (χ2n) is 8.68. The van der Waals surface area contributed by atoms with Crippen LogP contribution >= 0.6 is 11.6 Å². The van der Waals surface area contributed by atoms with E-state index in [0.717, 1.165) is 22.3 Å². The number of carbonyl (C=O) groups excluding carboxylic acids is 2. The molecule has 7 nitrogen and oxygen atoms in total. The van der Waals surface area contributed by atoms with E-state index >= 15 is 0 Å².